The van der Waals surface area contributed by atoms with Gasteiger partial charge in [-0.05, 0) is 31.0 Å². The van der Waals surface area contributed by atoms with Crippen LogP contribution >= 0.6 is 0 Å². The number of rotatable bonds is 4. The van der Waals surface area contributed by atoms with Crippen molar-refractivity contribution in [2.24, 2.45) is 5.73 Å². The molecule has 0 unspecified atom stereocenters. The molecule has 0 saturated carbocycles. The Hall–Kier alpha value is -1.06. The molecule has 1 saturated heterocycles. The van der Waals surface area contributed by atoms with Crippen molar-refractivity contribution >= 4 is 0 Å². The molecule has 2 rings (SSSR count). The SMILES string of the molecule is CCOc1ccc(CN2CC[C@H](N)C2)cc1. The lowest BCUT2D eigenvalue weighted by molar-refractivity contribution is 0.325. The van der Waals surface area contributed by atoms with Crippen molar-refractivity contribution in [1.29, 1.82) is 0 Å². The monoisotopic (exact) mass is 220 g/mol. The zero-order valence-corrected chi connectivity index (χ0v) is 9.86. The minimum atomic E-state index is 0.364. The van der Waals surface area contributed by atoms with Crippen molar-refractivity contribution in [2.45, 2.75) is 25.9 Å². The lowest BCUT2D eigenvalue weighted by Gasteiger charge is -2.15. The van der Waals surface area contributed by atoms with Crippen LogP contribution in [-0.4, -0.2) is 30.6 Å². The number of nitrogens with two attached hydrogens (primary N) is 1. The van der Waals surface area contributed by atoms with E-state index in [4.69, 9.17) is 10.5 Å². The lowest BCUT2D eigenvalue weighted by atomic mass is 10.2. The van der Waals surface area contributed by atoms with Gasteiger partial charge in [0.15, 0.2) is 0 Å². The lowest BCUT2D eigenvalue weighted by Crippen LogP contribution is -2.26. The molecule has 1 aromatic rings. The van der Waals surface area contributed by atoms with Gasteiger partial charge in [-0.25, -0.2) is 0 Å². The summed E-state index contributed by atoms with van der Waals surface area (Å²) >= 11 is 0. The van der Waals surface area contributed by atoms with Gasteiger partial charge in [-0.3, -0.25) is 4.90 Å². The number of nitrogens with zero attached hydrogens (tertiary/aromatic N) is 1. The summed E-state index contributed by atoms with van der Waals surface area (Å²) in [7, 11) is 0. The van der Waals surface area contributed by atoms with Gasteiger partial charge < -0.3 is 10.5 Å². The van der Waals surface area contributed by atoms with Gasteiger partial charge in [-0.15, -0.1) is 0 Å². The average molecular weight is 220 g/mol. The summed E-state index contributed by atoms with van der Waals surface area (Å²) in [5, 5.41) is 0. The maximum absolute atomic E-state index is 5.88. The highest BCUT2D eigenvalue weighted by Gasteiger charge is 2.18. The molecule has 88 valence electrons. The first kappa shape index (κ1) is 11.4. The number of ether oxygens (including phenoxy) is 1. The van der Waals surface area contributed by atoms with E-state index in [1.807, 2.05) is 19.1 Å². The van der Waals surface area contributed by atoms with E-state index in [-0.39, 0.29) is 0 Å². The van der Waals surface area contributed by atoms with Crippen LogP contribution in [0.25, 0.3) is 0 Å². The van der Waals surface area contributed by atoms with Crippen molar-refractivity contribution in [3.63, 3.8) is 0 Å². The molecule has 1 aliphatic heterocycles. The fourth-order valence-corrected chi connectivity index (χ4v) is 2.12. The highest BCUT2D eigenvalue weighted by atomic mass is 16.5. The third kappa shape index (κ3) is 2.97. The Morgan fingerprint density at radius 1 is 1.38 bits per heavy atom. The highest BCUT2D eigenvalue weighted by molar-refractivity contribution is 5.27. The van der Waals surface area contributed by atoms with Gasteiger partial charge in [0.2, 0.25) is 0 Å². The Morgan fingerprint density at radius 2 is 2.12 bits per heavy atom. The zero-order valence-electron chi connectivity index (χ0n) is 9.86. The van der Waals surface area contributed by atoms with E-state index in [2.05, 4.69) is 17.0 Å². The van der Waals surface area contributed by atoms with Crippen molar-refractivity contribution in [2.75, 3.05) is 19.7 Å². The van der Waals surface area contributed by atoms with Crippen molar-refractivity contribution in [3.05, 3.63) is 29.8 Å². The van der Waals surface area contributed by atoms with E-state index in [1.54, 1.807) is 0 Å². The Bertz CT molecular complexity index is 323. The van der Waals surface area contributed by atoms with Gasteiger partial charge in [-0.1, -0.05) is 12.1 Å². The molecule has 3 heteroatoms. The molecule has 2 N–H and O–H groups in total. The summed E-state index contributed by atoms with van der Waals surface area (Å²) in [6.45, 7) is 5.86. The second kappa shape index (κ2) is 5.32. The molecule has 1 heterocycles. The summed E-state index contributed by atoms with van der Waals surface area (Å²) < 4.78 is 5.41. The summed E-state index contributed by atoms with van der Waals surface area (Å²) in [6.07, 6.45) is 1.12. The molecule has 0 spiro atoms. The first-order valence-corrected chi connectivity index (χ1v) is 5.97. The normalized spacial score (nSPS) is 21.2. The predicted octanol–water partition coefficient (Wildman–Crippen LogP) is 1.62. The average Bonchev–Trinajstić information content (AvgIpc) is 2.67. The van der Waals surface area contributed by atoms with Crippen LogP contribution in [0.2, 0.25) is 0 Å². The van der Waals surface area contributed by atoms with Gasteiger partial charge in [0.1, 0.15) is 5.75 Å². The molecule has 0 aromatic heterocycles. The van der Waals surface area contributed by atoms with E-state index in [0.29, 0.717) is 6.04 Å². The van der Waals surface area contributed by atoms with Crippen LogP contribution in [0.1, 0.15) is 18.9 Å². The van der Waals surface area contributed by atoms with E-state index in [9.17, 15) is 0 Å². The van der Waals surface area contributed by atoms with Crippen molar-refractivity contribution in [1.82, 2.24) is 4.90 Å². The second-order valence-electron chi connectivity index (χ2n) is 4.36. The highest BCUT2D eigenvalue weighted by Crippen LogP contribution is 2.16. The van der Waals surface area contributed by atoms with Crippen molar-refractivity contribution in [3.8, 4) is 5.75 Å². The molecular formula is C13H20N2O. The Labute approximate surface area is 97.2 Å². The van der Waals surface area contributed by atoms with E-state index >= 15 is 0 Å². The van der Waals surface area contributed by atoms with Crippen LogP contribution in [0.3, 0.4) is 0 Å². The van der Waals surface area contributed by atoms with Crippen molar-refractivity contribution < 1.29 is 4.74 Å². The first-order chi connectivity index (χ1) is 7.78. The molecule has 0 amide bonds. The van der Waals surface area contributed by atoms with Gasteiger partial charge in [0.25, 0.3) is 0 Å². The minimum absolute atomic E-state index is 0.364. The third-order valence-corrected chi connectivity index (χ3v) is 2.95. The van der Waals surface area contributed by atoms with Gasteiger partial charge >= 0.3 is 0 Å². The molecule has 3 nitrogen and oxygen atoms in total. The minimum Gasteiger partial charge on any atom is -0.494 e. The fraction of sp³-hybridized carbons (Fsp3) is 0.538. The molecule has 1 aliphatic rings. The van der Waals surface area contributed by atoms with E-state index < -0.39 is 0 Å². The third-order valence-electron chi connectivity index (χ3n) is 2.95. The predicted molar refractivity (Wildman–Crippen MR) is 65.5 cm³/mol. The van der Waals surface area contributed by atoms with Gasteiger partial charge in [0, 0.05) is 25.7 Å². The summed E-state index contributed by atoms with van der Waals surface area (Å²) in [4.78, 5) is 2.40. The number of hydrogen-bond acceptors (Lipinski definition) is 3. The Kier molecular flexibility index (Phi) is 3.80. The summed E-state index contributed by atoms with van der Waals surface area (Å²) in [6, 6.07) is 8.70. The van der Waals surface area contributed by atoms with Crippen LogP contribution in [-0.2, 0) is 6.54 Å². The maximum Gasteiger partial charge on any atom is 0.119 e. The Morgan fingerprint density at radius 3 is 2.69 bits per heavy atom. The molecule has 0 bridgehead atoms. The Balaban J connectivity index is 1.89. The van der Waals surface area contributed by atoms with Crippen LogP contribution in [0.15, 0.2) is 24.3 Å². The summed E-state index contributed by atoms with van der Waals surface area (Å²) in [5.41, 5.74) is 7.21. The topological polar surface area (TPSA) is 38.5 Å². The van der Waals surface area contributed by atoms with Crippen LogP contribution in [0.4, 0.5) is 0 Å². The number of hydrogen-bond donors (Lipinski definition) is 1. The van der Waals surface area contributed by atoms with Gasteiger partial charge in [-0.2, -0.15) is 0 Å². The number of likely N-dealkylation sites (tertiary alicyclic amines) is 1. The van der Waals surface area contributed by atoms with Crippen LogP contribution in [0.5, 0.6) is 5.75 Å². The van der Waals surface area contributed by atoms with Gasteiger partial charge in [0.05, 0.1) is 6.61 Å². The maximum atomic E-state index is 5.88. The molecule has 0 aliphatic carbocycles. The van der Waals surface area contributed by atoms with E-state index in [0.717, 1.165) is 38.4 Å². The molecule has 1 fully saturated rings. The molecule has 0 radical (unpaired) electrons. The molecular weight excluding hydrogens is 200 g/mol. The standard InChI is InChI=1S/C13H20N2O/c1-2-16-13-5-3-11(4-6-13)9-15-8-7-12(14)10-15/h3-6,12H,2,7-10,14H2,1H3/t12-/m0/s1. The van der Waals surface area contributed by atoms with Crippen LogP contribution < -0.4 is 10.5 Å². The van der Waals surface area contributed by atoms with E-state index in [1.165, 1.54) is 5.56 Å². The first-order valence-electron chi connectivity index (χ1n) is 5.97. The second-order valence-corrected chi connectivity index (χ2v) is 4.36. The summed E-state index contributed by atoms with van der Waals surface area (Å²) in [5.74, 6) is 0.948. The fourth-order valence-electron chi connectivity index (χ4n) is 2.12. The largest absolute Gasteiger partial charge is 0.494 e. The molecule has 1 aromatic carbocycles. The smallest absolute Gasteiger partial charge is 0.119 e. The molecule has 16 heavy (non-hydrogen) atoms. The van der Waals surface area contributed by atoms with Crippen LogP contribution in [0, 0.1) is 0 Å². The number of benzene rings is 1. The molecule has 1 atom stereocenters. The zero-order chi connectivity index (χ0) is 11.4. The quantitative estimate of drug-likeness (QED) is 0.838.